The fraction of sp³-hybridized carbons (Fsp3) is 0.357. The number of hydrogen-bond donors (Lipinski definition) is 1. The molecule has 0 spiro atoms. The topological polar surface area (TPSA) is 47.3 Å². The molecule has 1 aromatic carbocycles. The molecule has 0 unspecified atom stereocenters. The lowest BCUT2D eigenvalue weighted by Gasteiger charge is -2.17. The second kappa shape index (κ2) is 5.25. The van der Waals surface area contributed by atoms with Crippen LogP contribution in [-0.4, -0.2) is 19.1 Å². The van der Waals surface area contributed by atoms with Gasteiger partial charge in [0.2, 0.25) is 0 Å². The molecule has 2 aromatic rings. The SMILES string of the molecule is CNc1nc(-c2c(C)c(Br)c(C)c(C)c2OC)co1. The van der Waals surface area contributed by atoms with Crippen LogP contribution in [0.1, 0.15) is 16.7 Å². The third-order valence-corrected chi connectivity index (χ3v) is 4.53. The maximum absolute atomic E-state index is 5.57. The fourth-order valence-electron chi connectivity index (χ4n) is 2.15. The second-order valence-electron chi connectivity index (χ2n) is 4.39. The van der Waals surface area contributed by atoms with E-state index in [-0.39, 0.29) is 0 Å². The Morgan fingerprint density at radius 3 is 2.42 bits per heavy atom. The van der Waals surface area contributed by atoms with Crippen molar-refractivity contribution in [3.8, 4) is 17.0 Å². The van der Waals surface area contributed by atoms with E-state index in [1.807, 2.05) is 13.8 Å². The molecule has 0 fully saturated rings. The summed E-state index contributed by atoms with van der Waals surface area (Å²) < 4.78 is 12.0. The van der Waals surface area contributed by atoms with Crippen molar-refractivity contribution in [2.45, 2.75) is 20.8 Å². The normalized spacial score (nSPS) is 10.6. The van der Waals surface area contributed by atoms with Crippen molar-refractivity contribution >= 4 is 21.9 Å². The van der Waals surface area contributed by atoms with Gasteiger partial charge in [-0.25, -0.2) is 0 Å². The van der Waals surface area contributed by atoms with Crippen LogP contribution in [0.15, 0.2) is 15.2 Å². The first-order valence-corrected chi connectivity index (χ1v) is 6.77. The van der Waals surface area contributed by atoms with Gasteiger partial charge in [-0.05, 0) is 37.5 Å². The third-order valence-electron chi connectivity index (χ3n) is 3.34. The number of rotatable bonds is 3. The molecular weight excluding hydrogens is 308 g/mol. The molecule has 1 aromatic heterocycles. The fourth-order valence-corrected chi connectivity index (χ4v) is 2.65. The van der Waals surface area contributed by atoms with Crippen molar-refractivity contribution in [2.75, 3.05) is 19.5 Å². The highest BCUT2D eigenvalue weighted by molar-refractivity contribution is 9.10. The van der Waals surface area contributed by atoms with Crippen molar-refractivity contribution in [3.05, 3.63) is 27.4 Å². The van der Waals surface area contributed by atoms with Gasteiger partial charge < -0.3 is 14.5 Å². The van der Waals surface area contributed by atoms with Gasteiger partial charge in [-0.1, -0.05) is 15.9 Å². The number of methoxy groups -OCH3 is 1. The molecule has 1 N–H and O–H groups in total. The molecule has 0 amide bonds. The summed E-state index contributed by atoms with van der Waals surface area (Å²) in [5.74, 6) is 0.842. The van der Waals surface area contributed by atoms with E-state index in [1.165, 1.54) is 5.56 Å². The number of hydrogen-bond acceptors (Lipinski definition) is 4. The molecule has 0 atom stereocenters. The minimum atomic E-state index is 0.491. The standard InChI is InChI=1S/C14H17BrN2O2/c1-7-8(2)13(18-5)11(9(3)12(7)15)10-6-19-14(16-4)17-10/h6H,1-5H3,(H,16,17). The molecular formula is C14H17BrN2O2. The zero-order valence-electron chi connectivity index (χ0n) is 11.7. The second-order valence-corrected chi connectivity index (χ2v) is 5.18. The molecule has 0 radical (unpaired) electrons. The van der Waals surface area contributed by atoms with E-state index >= 15 is 0 Å². The molecule has 19 heavy (non-hydrogen) atoms. The molecule has 0 aliphatic heterocycles. The molecule has 4 nitrogen and oxygen atoms in total. The molecule has 0 aliphatic rings. The van der Waals surface area contributed by atoms with Crippen LogP contribution in [0, 0.1) is 20.8 Å². The summed E-state index contributed by atoms with van der Waals surface area (Å²) in [6.45, 7) is 6.16. The molecule has 102 valence electrons. The van der Waals surface area contributed by atoms with Crippen molar-refractivity contribution in [2.24, 2.45) is 0 Å². The summed E-state index contributed by atoms with van der Waals surface area (Å²) >= 11 is 3.64. The Hall–Kier alpha value is -1.49. The number of aromatic nitrogens is 1. The molecule has 2 rings (SSSR count). The molecule has 0 aliphatic carbocycles. The lowest BCUT2D eigenvalue weighted by atomic mass is 9.97. The monoisotopic (exact) mass is 324 g/mol. The first kappa shape index (κ1) is 13.9. The molecule has 0 saturated carbocycles. The van der Waals surface area contributed by atoms with Crippen LogP contribution >= 0.6 is 15.9 Å². The van der Waals surface area contributed by atoms with Gasteiger partial charge in [0.05, 0.1) is 7.11 Å². The van der Waals surface area contributed by atoms with Crippen molar-refractivity contribution < 1.29 is 9.15 Å². The van der Waals surface area contributed by atoms with E-state index in [0.29, 0.717) is 6.01 Å². The molecule has 5 heteroatoms. The number of benzene rings is 1. The predicted molar refractivity (Wildman–Crippen MR) is 79.9 cm³/mol. The Labute approximate surface area is 121 Å². The Kier molecular flexibility index (Phi) is 3.85. The number of nitrogens with one attached hydrogen (secondary N) is 1. The first-order chi connectivity index (χ1) is 9.01. The number of ether oxygens (including phenoxy) is 1. The number of nitrogens with zero attached hydrogens (tertiary/aromatic N) is 1. The van der Waals surface area contributed by atoms with Crippen LogP contribution in [0.3, 0.4) is 0 Å². The van der Waals surface area contributed by atoms with Crippen LogP contribution in [0.2, 0.25) is 0 Å². The van der Waals surface area contributed by atoms with Crippen molar-refractivity contribution in [3.63, 3.8) is 0 Å². The third kappa shape index (κ3) is 2.23. The van der Waals surface area contributed by atoms with Gasteiger partial charge in [-0.2, -0.15) is 4.98 Å². The highest BCUT2D eigenvalue weighted by Crippen LogP contribution is 2.41. The van der Waals surface area contributed by atoms with Crippen molar-refractivity contribution in [1.82, 2.24) is 4.98 Å². The Morgan fingerprint density at radius 2 is 1.89 bits per heavy atom. The van der Waals surface area contributed by atoms with Gasteiger partial charge in [-0.3, -0.25) is 0 Å². The highest BCUT2D eigenvalue weighted by Gasteiger charge is 2.20. The summed E-state index contributed by atoms with van der Waals surface area (Å²) in [4.78, 5) is 4.40. The number of anilines is 1. The summed E-state index contributed by atoms with van der Waals surface area (Å²) in [6, 6.07) is 0.491. The van der Waals surface area contributed by atoms with Crippen LogP contribution < -0.4 is 10.1 Å². The quantitative estimate of drug-likeness (QED) is 0.924. The zero-order chi connectivity index (χ0) is 14.2. The molecule has 0 saturated heterocycles. The van der Waals surface area contributed by atoms with Crippen molar-refractivity contribution in [1.29, 1.82) is 0 Å². The van der Waals surface area contributed by atoms with Gasteiger partial charge in [0.15, 0.2) is 0 Å². The van der Waals surface area contributed by atoms with Crippen LogP contribution in [0.5, 0.6) is 5.75 Å². The summed E-state index contributed by atoms with van der Waals surface area (Å²) in [6.07, 6.45) is 1.64. The average Bonchev–Trinajstić information content (AvgIpc) is 2.88. The van der Waals surface area contributed by atoms with Crippen LogP contribution in [0.25, 0.3) is 11.3 Å². The summed E-state index contributed by atoms with van der Waals surface area (Å²) in [5.41, 5.74) is 5.10. The van der Waals surface area contributed by atoms with Gasteiger partial charge in [0.25, 0.3) is 6.01 Å². The van der Waals surface area contributed by atoms with E-state index in [9.17, 15) is 0 Å². The van der Waals surface area contributed by atoms with Gasteiger partial charge >= 0.3 is 0 Å². The van der Waals surface area contributed by atoms with E-state index in [0.717, 1.165) is 32.6 Å². The van der Waals surface area contributed by atoms with E-state index in [2.05, 4.69) is 33.2 Å². The molecule has 0 bridgehead atoms. The lowest BCUT2D eigenvalue weighted by Crippen LogP contribution is -1.99. The van der Waals surface area contributed by atoms with Crippen LogP contribution in [-0.2, 0) is 0 Å². The maximum atomic E-state index is 5.57. The lowest BCUT2D eigenvalue weighted by molar-refractivity contribution is 0.412. The smallest absolute Gasteiger partial charge is 0.294 e. The van der Waals surface area contributed by atoms with Crippen LogP contribution in [0.4, 0.5) is 6.01 Å². The van der Waals surface area contributed by atoms with E-state index < -0.39 is 0 Å². The Balaban J connectivity index is 2.74. The summed E-state index contributed by atoms with van der Waals surface area (Å²) in [7, 11) is 3.45. The number of oxazole rings is 1. The molecule has 1 heterocycles. The van der Waals surface area contributed by atoms with E-state index in [1.54, 1.807) is 20.4 Å². The van der Waals surface area contributed by atoms with Gasteiger partial charge in [0.1, 0.15) is 17.7 Å². The maximum Gasteiger partial charge on any atom is 0.294 e. The minimum absolute atomic E-state index is 0.491. The zero-order valence-corrected chi connectivity index (χ0v) is 13.3. The summed E-state index contributed by atoms with van der Waals surface area (Å²) in [5, 5.41) is 2.88. The minimum Gasteiger partial charge on any atom is -0.496 e. The largest absolute Gasteiger partial charge is 0.496 e. The number of halogens is 1. The highest BCUT2D eigenvalue weighted by atomic mass is 79.9. The van der Waals surface area contributed by atoms with Gasteiger partial charge in [0, 0.05) is 17.1 Å². The van der Waals surface area contributed by atoms with E-state index in [4.69, 9.17) is 9.15 Å². The Bertz CT molecular complexity index is 620. The average molecular weight is 325 g/mol. The first-order valence-electron chi connectivity index (χ1n) is 5.98. The predicted octanol–water partition coefficient (Wildman–Crippen LogP) is 4.08. The Morgan fingerprint density at radius 1 is 1.21 bits per heavy atom. The van der Waals surface area contributed by atoms with Gasteiger partial charge in [-0.15, -0.1) is 0 Å².